The van der Waals surface area contributed by atoms with E-state index in [1.54, 1.807) is 44.2 Å². The number of nitrogens with one attached hydrogen (secondary N) is 1. The first-order valence-corrected chi connectivity index (χ1v) is 7.63. The lowest BCUT2D eigenvalue weighted by atomic mass is 10.1. The zero-order valence-corrected chi connectivity index (χ0v) is 12.3. The van der Waals surface area contributed by atoms with Gasteiger partial charge in [0, 0.05) is 17.3 Å². The summed E-state index contributed by atoms with van der Waals surface area (Å²) in [6, 6.07) is 10.9. The monoisotopic (exact) mass is 306 g/mol. The summed E-state index contributed by atoms with van der Waals surface area (Å²) in [5.41, 5.74) is 1.21. The second-order valence-electron chi connectivity index (χ2n) is 4.61. The van der Waals surface area contributed by atoms with E-state index < -0.39 is 14.9 Å². The van der Waals surface area contributed by atoms with Gasteiger partial charge in [0.25, 0.3) is 15.7 Å². The van der Waals surface area contributed by atoms with Crippen LogP contribution in [0.3, 0.4) is 0 Å². The fourth-order valence-corrected chi connectivity index (χ4v) is 3.04. The first kappa shape index (κ1) is 15.0. The molecule has 0 bridgehead atoms. The number of anilines is 1. The Morgan fingerprint density at radius 1 is 1.10 bits per heavy atom. The summed E-state index contributed by atoms with van der Waals surface area (Å²) >= 11 is 0. The molecule has 2 rings (SSSR count). The van der Waals surface area contributed by atoms with E-state index in [0.29, 0.717) is 16.8 Å². The summed E-state index contributed by atoms with van der Waals surface area (Å²) in [5, 5.41) is 11.0. The maximum Gasteiger partial charge on any atom is 0.273 e. The predicted octanol–water partition coefficient (Wildman–Crippen LogP) is 3.01. The molecule has 0 unspecified atom stereocenters. The van der Waals surface area contributed by atoms with Gasteiger partial charge in [0.15, 0.2) is 0 Å². The third-order valence-corrected chi connectivity index (χ3v) is 4.51. The minimum atomic E-state index is -3.86. The van der Waals surface area contributed by atoms with Gasteiger partial charge < -0.3 is 0 Å². The van der Waals surface area contributed by atoms with Crippen molar-refractivity contribution in [2.45, 2.75) is 18.7 Å². The second-order valence-corrected chi connectivity index (χ2v) is 6.30. The molecule has 0 fully saturated rings. The molecule has 2 aromatic carbocycles. The largest absolute Gasteiger partial charge is 0.280 e. The van der Waals surface area contributed by atoms with Crippen molar-refractivity contribution in [2.24, 2.45) is 0 Å². The summed E-state index contributed by atoms with van der Waals surface area (Å²) in [7, 11) is -3.86. The summed E-state index contributed by atoms with van der Waals surface area (Å²) in [6.07, 6.45) is 0. The number of nitrogens with zero attached hydrogens (tertiary/aromatic N) is 1. The molecule has 0 aliphatic carbocycles. The van der Waals surface area contributed by atoms with Crippen LogP contribution in [0.2, 0.25) is 0 Å². The van der Waals surface area contributed by atoms with Crippen LogP contribution in [0.15, 0.2) is 47.4 Å². The van der Waals surface area contributed by atoms with Gasteiger partial charge >= 0.3 is 0 Å². The predicted molar refractivity (Wildman–Crippen MR) is 79.8 cm³/mol. The minimum absolute atomic E-state index is 0.124. The summed E-state index contributed by atoms with van der Waals surface area (Å²) in [4.78, 5) is 10.3. The molecule has 0 radical (unpaired) electrons. The molecule has 0 amide bonds. The van der Waals surface area contributed by atoms with E-state index in [0.717, 1.165) is 6.07 Å². The summed E-state index contributed by atoms with van der Waals surface area (Å²) < 4.78 is 27.0. The average molecular weight is 306 g/mol. The second kappa shape index (κ2) is 5.53. The maximum absolute atomic E-state index is 12.3. The molecule has 7 heteroatoms. The molecule has 0 aromatic heterocycles. The lowest BCUT2D eigenvalue weighted by molar-refractivity contribution is -0.385. The van der Waals surface area contributed by atoms with Gasteiger partial charge in [0.1, 0.15) is 0 Å². The Morgan fingerprint density at radius 3 is 2.29 bits per heavy atom. The summed E-state index contributed by atoms with van der Waals surface area (Å²) in [5.74, 6) is 0. The van der Waals surface area contributed by atoms with Gasteiger partial charge in [-0.3, -0.25) is 14.8 Å². The number of benzene rings is 2. The van der Waals surface area contributed by atoms with Crippen molar-refractivity contribution in [3.05, 3.63) is 63.7 Å². The average Bonchev–Trinajstić information content (AvgIpc) is 2.41. The number of nitro benzene ring substituents is 1. The third-order valence-electron chi connectivity index (χ3n) is 3.15. The van der Waals surface area contributed by atoms with Crippen LogP contribution in [0.4, 0.5) is 11.4 Å². The minimum Gasteiger partial charge on any atom is -0.280 e. The van der Waals surface area contributed by atoms with Crippen molar-refractivity contribution >= 4 is 21.4 Å². The van der Waals surface area contributed by atoms with Gasteiger partial charge in [-0.2, -0.15) is 0 Å². The molecule has 0 aliphatic heterocycles. The molecule has 1 N–H and O–H groups in total. The standard InChI is InChI=1S/C14H14N2O4S/c1-10-8-13(9-14(11(10)2)16(17)18)21(19,20)15-12-6-4-3-5-7-12/h3-9,15H,1-2H3. The molecule has 0 heterocycles. The van der Waals surface area contributed by atoms with Crippen molar-refractivity contribution in [1.29, 1.82) is 0 Å². The highest BCUT2D eigenvalue weighted by Gasteiger charge is 2.21. The first-order chi connectivity index (χ1) is 9.81. The van der Waals surface area contributed by atoms with Crippen molar-refractivity contribution in [3.8, 4) is 0 Å². The molecule has 0 saturated carbocycles. The van der Waals surface area contributed by atoms with Crippen molar-refractivity contribution in [2.75, 3.05) is 4.72 Å². The fourth-order valence-electron chi connectivity index (χ4n) is 1.87. The van der Waals surface area contributed by atoms with Crippen molar-refractivity contribution in [1.82, 2.24) is 0 Å². The van der Waals surface area contributed by atoms with Crippen LogP contribution < -0.4 is 4.72 Å². The Balaban J connectivity index is 2.48. The highest BCUT2D eigenvalue weighted by Crippen LogP contribution is 2.26. The molecule has 0 saturated heterocycles. The fraction of sp³-hybridized carbons (Fsp3) is 0.143. The van der Waals surface area contributed by atoms with Gasteiger partial charge in [0.2, 0.25) is 0 Å². The number of hydrogen-bond donors (Lipinski definition) is 1. The molecule has 21 heavy (non-hydrogen) atoms. The highest BCUT2D eigenvalue weighted by atomic mass is 32.2. The Morgan fingerprint density at radius 2 is 1.71 bits per heavy atom. The lowest BCUT2D eigenvalue weighted by Gasteiger charge is -2.10. The van der Waals surface area contributed by atoms with E-state index in [9.17, 15) is 18.5 Å². The van der Waals surface area contributed by atoms with Crippen LogP contribution in [-0.2, 0) is 10.0 Å². The van der Waals surface area contributed by atoms with E-state index in [1.165, 1.54) is 6.07 Å². The van der Waals surface area contributed by atoms with E-state index in [-0.39, 0.29) is 10.6 Å². The Labute approximate surface area is 122 Å². The number of sulfonamides is 1. The van der Waals surface area contributed by atoms with E-state index in [1.807, 2.05) is 0 Å². The zero-order chi connectivity index (χ0) is 15.6. The molecule has 2 aromatic rings. The lowest BCUT2D eigenvalue weighted by Crippen LogP contribution is -2.13. The molecular weight excluding hydrogens is 292 g/mol. The van der Waals surface area contributed by atoms with Gasteiger partial charge in [0.05, 0.1) is 9.82 Å². The Kier molecular flexibility index (Phi) is 3.95. The van der Waals surface area contributed by atoms with Crippen LogP contribution in [0.5, 0.6) is 0 Å². The number of nitro groups is 1. The normalized spacial score (nSPS) is 11.1. The third kappa shape index (κ3) is 3.19. The van der Waals surface area contributed by atoms with Crippen LogP contribution in [0, 0.1) is 24.0 Å². The quantitative estimate of drug-likeness (QED) is 0.694. The van der Waals surface area contributed by atoms with Gasteiger partial charge in [-0.15, -0.1) is 0 Å². The number of para-hydroxylation sites is 1. The SMILES string of the molecule is Cc1cc(S(=O)(=O)Nc2ccccc2)cc([N+](=O)[O-])c1C. The van der Waals surface area contributed by atoms with Crippen molar-refractivity contribution in [3.63, 3.8) is 0 Å². The number of hydrogen-bond acceptors (Lipinski definition) is 4. The topological polar surface area (TPSA) is 89.3 Å². The van der Waals surface area contributed by atoms with Gasteiger partial charge in [-0.25, -0.2) is 8.42 Å². The zero-order valence-electron chi connectivity index (χ0n) is 11.5. The van der Waals surface area contributed by atoms with Crippen LogP contribution >= 0.6 is 0 Å². The first-order valence-electron chi connectivity index (χ1n) is 6.15. The highest BCUT2D eigenvalue weighted by molar-refractivity contribution is 7.92. The van der Waals surface area contributed by atoms with E-state index in [4.69, 9.17) is 0 Å². The molecule has 0 aliphatic rings. The van der Waals surface area contributed by atoms with Crippen LogP contribution in [0.1, 0.15) is 11.1 Å². The van der Waals surface area contributed by atoms with E-state index >= 15 is 0 Å². The molecule has 0 spiro atoms. The van der Waals surface area contributed by atoms with E-state index in [2.05, 4.69) is 4.72 Å². The van der Waals surface area contributed by atoms with Crippen molar-refractivity contribution < 1.29 is 13.3 Å². The summed E-state index contributed by atoms with van der Waals surface area (Å²) in [6.45, 7) is 3.23. The number of aryl methyl sites for hydroxylation is 1. The smallest absolute Gasteiger partial charge is 0.273 e. The molecular formula is C14H14N2O4S. The van der Waals surface area contributed by atoms with Crippen LogP contribution in [0.25, 0.3) is 0 Å². The molecule has 0 atom stereocenters. The van der Waals surface area contributed by atoms with Gasteiger partial charge in [-0.05, 0) is 37.6 Å². The molecule has 6 nitrogen and oxygen atoms in total. The molecule has 110 valence electrons. The van der Waals surface area contributed by atoms with Crippen LogP contribution in [-0.4, -0.2) is 13.3 Å². The van der Waals surface area contributed by atoms with Gasteiger partial charge in [-0.1, -0.05) is 18.2 Å². The maximum atomic E-state index is 12.3. The Hall–Kier alpha value is -2.41. The Bertz CT molecular complexity index is 786. The number of rotatable bonds is 4.